The maximum Gasteiger partial charge on any atom is 0.338 e. The van der Waals surface area contributed by atoms with Gasteiger partial charge in [-0.1, -0.05) is 19.3 Å². The highest BCUT2D eigenvalue weighted by Crippen LogP contribution is 2.24. The van der Waals surface area contributed by atoms with Gasteiger partial charge in [-0.3, -0.25) is 4.79 Å². The Bertz CT molecular complexity index is 460. The minimum atomic E-state index is -1.09. The molecule has 1 aliphatic carbocycles. The first kappa shape index (κ1) is 13.6. The Balaban J connectivity index is 1.95. The molecule has 0 saturated heterocycles. The molecule has 1 aromatic heterocycles. The summed E-state index contributed by atoms with van der Waals surface area (Å²) in [7, 11) is 1.74. The number of aromatic carboxylic acids is 1. The van der Waals surface area contributed by atoms with E-state index >= 15 is 0 Å². The third kappa shape index (κ3) is 3.36. The van der Waals surface area contributed by atoms with Gasteiger partial charge in [-0.05, 0) is 18.8 Å². The van der Waals surface area contributed by atoms with E-state index in [1.165, 1.54) is 25.3 Å². The highest BCUT2D eigenvalue weighted by Gasteiger charge is 2.22. The van der Waals surface area contributed by atoms with Crippen molar-refractivity contribution in [2.24, 2.45) is 5.92 Å². The second-order valence-corrected chi connectivity index (χ2v) is 5.19. The lowest BCUT2D eigenvalue weighted by atomic mass is 9.89. The molecule has 19 heavy (non-hydrogen) atoms. The maximum atomic E-state index is 12.1. The van der Waals surface area contributed by atoms with Gasteiger partial charge in [-0.2, -0.15) is 0 Å². The molecule has 1 amide bonds. The Labute approximate surface area is 112 Å². The number of amides is 1. The van der Waals surface area contributed by atoms with Crippen LogP contribution >= 0.6 is 0 Å². The van der Waals surface area contributed by atoms with Gasteiger partial charge in [0, 0.05) is 19.7 Å². The number of carbonyl (C=O) groups excluding carboxylic acids is 1. The van der Waals surface area contributed by atoms with Crippen LogP contribution in [0.3, 0.4) is 0 Å². The summed E-state index contributed by atoms with van der Waals surface area (Å²) in [6.45, 7) is 0.710. The minimum absolute atomic E-state index is 0.00872. The van der Waals surface area contributed by atoms with Crippen LogP contribution in [0.2, 0.25) is 0 Å². The fourth-order valence-electron chi connectivity index (χ4n) is 2.59. The van der Waals surface area contributed by atoms with Crippen molar-refractivity contribution >= 4 is 11.9 Å². The summed E-state index contributed by atoms with van der Waals surface area (Å²) in [5, 5.41) is 8.79. The summed E-state index contributed by atoms with van der Waals surface area (Å²) in [4.78, 5) is 24.5. The van der Waals surface area contributed by atoms with Gasteiger partial charge in [0.2, 0.25) is 0 Å². The highest BCUT2D eigenvalue weighted by atomic mass is 16.4. The topological polar surface area (TPSA) is 70.8 Å². The van der Waals surface area contributed by atoms with Crippen molar-refractivity contribution < 1.29 is 19.1 Å². The van der Waals surface area contributed by atoms with Crippen LogP contribution in [0.5, 0.6) is 0 Å². The zero-order chi connectivity index (χ0) is 13.8. The van der Waals surface area contributed by atoms with E-state index in [2.05, 4.69) is 0 Å². The van der Waals surface area contributed by atoms with Crippen molar-refractivity contribution in [2.75, 3.05) is 13.6 Å². The molecular formula is C14H19NO4. The molecule has 5 nitrogen and oxygen atoms in total. The SMILES string of the molecule is CN(CC1CCCCC1)C(=O)c1cc(C(=O)O)co1. The molecule has 0 radical (unpaired) electrons. The zero-order valence-corrected chi connectivity index (χ0v) is 11.1. The van der Waals surface area contributed by atoms with E-state index in [4.69, 9.17) is 9.52 Å². The second kappa shape index (κ2) is 5.91. The smallest absolute Gasteiger partial charge is 0.338 e. The number of hydrogen-bond acceptors (Lipinski definition) is 3. The molecular weight excluding hydrogens is 246 g/mol. The fourth-order valence-corrected chi connectivity index (χ4v) is 2.59. The Kier molecular flexibility index (Phi) is 4.24. The summed E-state index contributed by atoms with van der Waals surface area (Å²) >= 11 is 0. The average Bonchev–Trinajstić information content (AvgIpc) is 2.88. The van der Waals surface area contributed by atoms with Crippen LogP contribution in [0, 0.1) is 5.92 Å². The lowest BCUT2D eigenvalue weighted by molar-refractivity contribution is 0.0694. The Morgan fingerprint density at radius 1 is 1.37 bits per heavy atom. The average molecular weight is 265 g/mol. The molecule has 1 aliphatic rings. The van der Waals surface area contributed by atoms with Crippen LogP contribution in [0.15, 0.2) is 16.7 Å². The normalized spacial score (nSPS) is 16.3. The third-order valence-corrected chi connectivity index (χ3v) is 3.66. The molecule has 2 rings (SSSR count). The Hall–Kier alpha value is -1.78. The minimum Gasteiger partial charge on any atom is -0.478 e. The third-order valence-electron chi connectivity index (χ3n) is 3.66. The molecule has 1 saturated carbocycles. The number of carbonyl (C=O) groups is 2. The van der Waals surface area contributed by atoms with Crippen LogP contribution in [0.25, 0.3) is 0 Å². The summed E-state index contributed by atoms with van der Waals surface area (Å²) in [6, 6.07) is 1.28. The number of hydrogen-bond donors (Lipinski definition) is 1. The highest BCUT2D eigenvalue weighted by molar-refractivity contribution is 5.95. The molecule has 1 heterocycles. The predicted octanol–water partition coefficient (Wildman–Crippen LogP) is 2.63. The van der Waals surface area contributed by atoms with E-state index in [0.717, 1.165) is 19.1 Å². The van der Waals surface area contributed by atoms with Crippen LogP contribution in [-0.4, -0.2) is 35.5 Å². The van der Waals surface area contributed by atoms with Crippen molar-refractivity contribution in [2.45, 2.75) is 32.1 Å². The van der Waals surface area contributed by atoms with E-state index in [9.17, 15) is 9.59 Å². The maximum absolute atomic E-state index is 12.1. The van der Waals surface area contributed by atoms with E-state index in [1.807, 2.05) is 0 Å². The Morgan fingerprint density at radius 3 is 2.63 bits per heavy atom. The van der Waals surface area contributed by atoms with E-state index in [1.54, 1.807) is 11.9 Å². The first-order valence-corrected chi connectivity index (χ1v) is 6.65. The predicted molar refractivity (Wildman–Crippen MR) is 69.2 cm³/mol. The summed E-state index contributed by atoms with van der Waals surface area (Å²) in [6.07, 6.45) is 7.18. The number of carboxylic acid groups (broad SMARTS) is 1. The molecule has 0 aliphatic heterocycles. The van der Waals surface area contributed by atoms with E-state index in [0.29, 0.717) is 12.5 Å². The van der Waals surface area contributed by atoms with Crippen molar-refractivity contribution in [1.29, 1.82) is 0 Å². The van der Waals surface area contributed by atoms with Crippen molar-refractivity contribution in [1.82, 2.24) is 4.90 Å². The first-order chi connectivity index (χ1) is 9.08. The number of furan rings is 1. The molecule has 5 heteroatoms. The standard InChI is InChI=1S/C14H19NO4/c1-15(8-10-5-3-2-4-6-10)13(16)12-7-11(9-19-12)14(17)18/h7,9-10H,2-6,8H2,1H3,(H,17,18). The van der Waals surface area contributed by atoms with Gasteiger partial charge in [-0.25, -0.2) is 4.79 Å². The van der Waals surface area contributed by atoms with Gasteiger partial charge in [0.05, 0.1) is 5.56 Å². The largest absolute Gasteiger partial charge is 0.478 e. The lowest BCUT2D eigenvalue weighted by Gasteiger charge is -2.26. The van der Waals surface area contributed by atoms with Crippen LogP contribution < -0.4 is 0 Å². The second-order valence-electron chi connectivity index (χ2n) is 5.19. The number of nitrogens with zero attached hydrogens (tertiary/aromatic N) is 1. The molecule has 0 bridgehead atoms. The van der Waals surface area contributed by atoms with Gasteiger partial charge in [0.25, 0.3) is 5.91 Å². The summed E-state index contributed by atoms with van der Waals surface area (Å²) < 4.78 is 5.03. The number of carboxylic acids is 1. The number of rotatable bonds is 4. The summed E-state index contributed by atoms with van der Waals surface area (Å²) in [5.74, 6) is -0.692. The molecule has 0 unspecified atom stereocenters. The van der Waals surface area contributed by atoms with Gasteiger partial charge in [-0.15, -0.1) is 0 Å². The molecule has 0 spiro atoms. The Morgan fingerprint density at radius 2 is 2.05 bits per heavy atom. The zero-order valence-electron chi connectivity index (χ0n) is 11.1. The van der Waals surface area contributed by atoms with Crippen molar-refractivity contribution in [3.8, 4) is 0 Å². The van der Waals surface area contributed by atoms with E-state index in [-0.39, 0.29) is 17.2 Å². The molecule has 0 aromatic carbocycles. The van der Waals surface area contributed by atoms with Gasteiger partial charge >= 0.3 is 5.97 Å². The van der Waals surface area contributed by atoms with Crippen LogP contribution in [0.1, 0.15) is 53.0 Å². The molecule has 0 atom stereocenters. The molecule has 1 aromatic rings. The monoisotopic (exact) mass is 265 g/mol. The lowest BCUT2D eigenvalue weighted by Crippen LogP contribution is -2.32. The van der Waals surface area contributed by atoms with E-state index < -0.39 is 5.97 Å². The van der Waals surface area contributed by atoms with Crippen molar-refractivity contribution in [3.63, 3.8) is 0 Å². The van der Waals surface area contributed by atoms with Crippen LogP contribution in [0.4, 0.5) is 0 Å². The summed E-state index contributed by atoms with van der Waals surface area (Å²) in [5.41, 5.74) is 0.00872. The van der Waals surface area contributed by atoms with Gasteiger partial charge in [0.15, 0.2) is 5.76 Å². The van der Waals surface area contributed by atoms with Crippen LogP contribution in [-0.2, 0) is 0 Å². The van der Waals surface area contributed by atoms with Crippen molar-refractivity contribution in [3.05, 3.63) is 23.7 Å². The fraction of sp³-hybridized carbons (Fsp3) is 0.571. The first-order valence-electron chi connectivity index (χ1n) is 6.65. The molecule has 1 N–H and O–H groups in total. The molecule has 104 valence electrons. The van der Waals surface area contributed by atoms with Gasteiger partial charge < -0.3 is 14.4 Å². The quantitative estimate of drug-likeness (QED) is 0.908. The molecule has 1 fully saturated rings. The van der Waals surface area contributed by atoms with Gasteiger partial charge in [0.1, 0.15) is 6.26 Å².